The molecule has 4 heteroatoms. The van der Waals surface area contributed by atoms with Crippen LogP contribution in [-0.4, -0.2) is 18.5 Å². The highest BCUT2D eigenvalue weighted by molar-refractivity contribution is 5.85. The zero-order valence-corrected chi connectivity index (χ0v) is 8.71. The Morgan fingerprint density at radius 3 is 2.56 bits per heavy atom. The van der Waals surface area contributed by atoms with Crippen LogP contribution in [0.2, 0.25) is 0 Å². The molecule has 1 aromatic carbocycles. The molecule has 1 heterocycles. The van der Waals surface area contributed by atoms with Gasteiger partial charge in [-0.3, -0.25) is 4.79 Å². The summed E-state index contributed by atoms with van der Waals surface area (Å²) in [5.41, 5.74) is 0.359. The van der Waals surface area contributed by atoms with Crippen LogP contribution in [0.4, 0.5) is 8.78 Å². The van der Waals surface area contributed by atoms with Gasteiger partial charge in [-0.1, -0.05) is 0 Å². The molecule has 2 nitrogen and oxygen atoms in total. The molecule has 1 fully saturated rings. The summed E-state index contributed by atoms with van der Waals surface area (Å²) in [6.07, 6.45) is 1.20. The van der Waals surface area contributed by atoms with Gasteiger partial charge in [-0.05, 0) is 30.5 Å². The van der Waals surface area contributed by atoms with Gasteiger partial charge in [0.1, 0.15) is 17.7 Å². The maximum absolute atomic E-state index is 12.9. The Hall–Kier alpha value is -1.29. The van der Waals surface area contributed by atoms with Crippen LogP contribution >= 0.6 is 0 Å². The predicted octanol–water partition coefficient (Wildman–Crippen LogP) is 2.26. The van der Waals surface area contributed by atoms with E-state index >= 15 is 0 Å². The Balaban J connectivity index is 2.05. The van der Waals surface area contributed by atoms with Crippen LogP contribution in [0.25, 0.3) is 0 Å². The van der Waals surface area contributed by atoms with E-state index in [1.54, 1.807) is 0 Å². The third-order valence-corrected chi connectivity index (χ3v) is 2.59. The van der Waals surface area contributed by atoms with Crippen molar-refractivity contribution in [3.05, 3.63) is 35.4 Å². The van der Waals surface area contributed by atoms with Crippen molar-refractivity contribution in [2.45, 2.75) is 25.4 Å². The summed E-state index contributed by atoms with van der Waals surface area (Å²) in [5.74, 6) is -1.42. The molecular formula is C12H12F2O2. The van der Waals surface area contributed by atoms with Crippen molar-refractivity contribution < 1.29 is 18.3 Å². The van der Waals surface area contributed by atoms with Gasteiger partial charge in [0, 0.05) is 19.1 Å². The largest absolute Gasteiger partial charge is 0.370 e. The summed E-state index contributed by atoms with van der Waals surface area (Å²) in [7, 11) is 0. The van der Waals surface area contributed by atoms with E-state index in [9.17, 15) is 13.6 Å². The number of Topliss-reactive ketones (excluding diaryl/α,β-unsaturated/α-hetero) is 1. The van der Waals surface area contributed by atoms with Crippen molar-refractivity contribution in [3.63, 3.8) is 0 Å². The SMILES string of the molecule is O=C(Cc1cc(F)cc(F)c1)C1CCCO1. The highest BCUT2D eigenvalue weighted by Crippen LogP contribution is 2.16. The van der Waals surface area contributed by atoms with Gasteiger partial charge in [-0.25, -0.2) is 8.78 Å². The number of rotatable bonds is 3. The number of halogens is 2. The van der Waals surface area contributed by atoms with E-state index in [0.717, 1.165) is 12.5 Å². The summed E-state index contributed by atoms with van der Waals surface area (Å²) >= 11 is 0. The van der Waals surface area contributed by atoms with Crippen LogP contribution < -0.4 is 0 Å². The van der Waals surface area contributed by atoms with Crippen LogP contribution in [0.3, 0.4) is 0 Å². The van der Waals surface area contributed by atoms with Gasteiger partial charge in [-0.2, -0.15) is 0 Å². The van der Waals surface area contributed by atoms with Crippen molar-refractivity contribution in [1.29, 1.82) is 0 Å². The molecule has 0 N–H and O–H groups in total. The average molecular weight is 226 g/mol. The van der Waals surface area contributed by atoms with Crippen molar-refractivity contribution in [1.82, 2.24) is 0 Å². The lowest BCUT2D eigenvalue weighted by molar-refractivity contribution is -0.127. The number of ether oxygens (including phenoxy) is 1. The zero-order valence-electron chi connectivity index (χ0n) is 8.71. The number of ketones is 1. The Labute approximate surface area is 92.2 Å². The minimum Gasteiger partial charge on any atom is -0.370 e. The van der Waals surface area contributed by atoms with E-state index < -0.39 is 17.7 Å². The molecule has 0 spiro atoms. The summed E-state index contributed by atoms with van der Waals surface area (Å²) in [6.45, 7) is 0.591. The van der Waals surface area contributed by atoms with Gasteiger partial charge in [0.25, 0.3) is 0 Å². The van der Waals surface area contributed by atoms with Crippen LogP contribution in [0.15, 0.2) is 18.2 Å². The fourth-order valence-corrected chi connectivity index (χ4v) is 1.86. The first-order valence-electron chi connectivity index (χ1n) is 5.24. The topological polar surface area (TPSA) is 26.3 Å². The molecular weight excluding hydrogens is 214 g/mol. The van der Waals surface area contributed by atoms with E-state index in [0.29, 0.717) is 18.6 Å². The molecule has 0 aliphatic carbocycles. The number of benzene rings is 1. The molecule has 86 valence electrons. The van der Waals surface area contributed by atoms with Gasteiger partial charge < -0.3 is 4.74 Å². The smallest absolute Gasteiger partial charge is 0.165 e. The first-order valence-corrected chi connectivity index (χ1v) is 5.24. The van der Waals surface area contributed by atoms with Crippen molar-refractivity contribution >= 4 is 5.78 Å². The molecule has 0 radical (unpaired) electrons. The zero-order chi connectivity index (χ0) is 11.5. The fourth-order valence-electron chi connectivity index (χ4n) is 1.86. The lowest BCUT2D eigenvalue weighted by Gasteiger charge is -2.08. The first-order chi connectivity index (χ1) is 7.65. The molecule has 0 aromatic heterocycles. The highest BCUT2D eigenvalue weighted by Gasteiger charge is 2.23. The molecule has 2 rings (SSSR count). The van der Waals surface area contributed by atoms with Gasteiger partial charge in [-0.15, -0.1) is 0 Å². The molecule has 0 bridgehead atoms. The Morgan fingerprint density at radius 2 is 2.00 bits per heavy atom. The van der Waals surface area contributed by atoms with Crippen LogP contribution in [0.1, 0.15) is 18.4 Å². The van der Waals surface area contributed by atoms with Crippen LogP contribution in [0.5, 0.6) is 0 Å². The summed E-state index contributed by atoms with van der Waals surface area (Å²) in [6, 6.07) is 3.14. The highest BCUT2D eigenvalue weighted by atomic mass is 19.1. The maximum Gasteiger partial charge on any atom is 0.165 e. The maximum atomic E-state index is 12.9. The van der Waals surface area contributed by atoms with Gasteiger partial charge >= 0.3 is 0 Å². The number of hydrogen-bond donors (Lipinski definition) is 0. The molecule has 0 amide bonds. The minimum absolute atomic E-state index is 0.0271. The quantitative estimate of drug-likeness (QED) is 0.790. The monoisotopic (exact) mass is 226 g/mol. The van der Waals surface area contributed by atoms with Crippen LogP contribution in [0, 0.1) is 11.6 Å². The number of carbonyl (C=O) groups excluding carboxylic acids is 1. The molecule has 1 saturated heterocycles. The summed E-state index contributed by atoms with van der Waals surface area (Å²) in [4.78, 5) is 11.7. The molecule has 1 aliphatic heterocycles. The third-order valence-electron chi connectivity index (χ3n) is 2.59. The van der Waals surface area contributed by atoms with Gasteiger partial charge in [0.15, 0.2) is 5.78 Å². The van der Waals surface area contributed by atoms with E-state index in [1.165, 1.54) is 12.1 Å². The normalized spacial score (nSPS) is 20.0. The van der Waals surface area contributed by atoms with E-state index in [4.69, 9.17) is 4.74 Å². The van der Waals surface area contributed by atoms with Crippen LogP contribution in [-0.2, 0) is 16.0 Å². The number of carbonyl (C=O) groups is 1. The molecule has 0 saturated carbocycles. The summed E-state index contributed by atoms with van der Waals surface area (Å²) < 4.78 is 31.0. The second-order valence-electron chi connectivity index (χ2n) is 3.92. The lowest BCUT2D eigenvalue weighted by Crippen LogP contribution is -2.21. The third kappa shape index (κ3) is 2.64. The van der Waals surface area contributed by atoms with E-state index in [2.05, 4.69) is 0 Å². The van der Waals surface area contributed by atoms with E-state index in [1.807, 2.05) is 0 Å². The van der Waals surface area contributed by atoms with Crippen molar-refractivity contribution in [2.75, 3.05) is 6.61 Å². The van der Waals surface area contributed by atoms with Gasteiger partial charge in [0.05, 0.1) is 0 Å². The average Bonchev–Trinajstić information content (AvgIpc) is 2.68. The second kappa shape index (κ2) is 4.70. The Kier molecular flexibility index (Phi) is 3.29. The minimum atomic E-state index is -0.657. The second-order valence-corrected chi connectivity index (χ2v) is 3.92. The fraction of sp³-hybridized carbons (Fsp3) is 0.417. The van der Waals surface area contributed by atoms with Crippen molar-refractivity contribution in [3.8, 4) is 0 Å². The number of hydrogen-bond acceptors (Lipinski definition) is 2. The molecule has 1 aromatic rings. The lowest BCUT2D eigenvalue weighted by atomic mass is 10.0. The first kappa shape index (κ1) is 11.2. The Morgan fingerprint density at radius 1 is 1.31 bits per heavy atom. The van der Waals surface area contributed by atoms with E-state index in [-0.39, 0.29) is 12.2 Å². The predicted molar refractivity (Wildman–Crippen MR) is 54.0 cm³/mol. The molecule has 1 atom stereocenters. The standard InChI is InChI=1S/C12H12F2O2/c13-9-4-8(5-10(14)7-9)6-11(15)12-2-1-3-16-12/h4-5,7,12H,1-3,6H2. The van der Waals surface area contributed by atoms with Gasteiger partial charge in [0.2, 0.25) is 0 Å². The molecule has 16 heavy (non-hydrogen) atoms. The Bertz CT molecular complexity index is 378. The summed E-state index contributed by atoms with van der Waals surface area (Å²) in [5, 5.41) is 0. The van der Waals surface area contributed by atoms with Crippen molar-refractivity contribution in [2.24, 2.45) is 0 Å². The molecule has 1 unspecified atom stereocenters. The molecule has 1 aliphatic rings.